The van der Waals surface area contributed by atoms with Crippen molar-refractivity contribution in [2.45, 2.75) is 32.6 Å². The highest BCUT2D eigenvalue weighted by molar-refractivity contribution is 6.15. The van der Waals surface area contributed by atoms with Crippen LogP contribution in [-0.4, -0.2) is 26.0 Å². The molecule has 0 saturated heterocycles. The summed E-state index contributed by atoms with van der Waals surface area (Å²) in [7, 11) is 3.13. The maximum absolute atomic E-state index is 13.0. The third kappa shape index (κ3) is 3.54. The summed E-state index contributed by atoms with van der Waals surface area (Å²) in [5.74, 6) is 2.29. The van der Waals surface area contributed by atoms with Gasteiger partial charge in [0.25, 0.3) is 0 Å². The van der Waals surface area contributed by atoms with Gasteiger partial charge in [-0.25, -0.2) is 0 Å². The van der Waals surface area contributed by atoms with Crippen LogP contribution in [0.4, 0.5) is 0 Å². The average Bonchev–Trinajstić information content (AvgIpc) is 3.02. The Morgan fingerprint density at radius 1 is 1.07 bits per heavy atom. The molecular formula is C24H24O6. The summed E-state index contributed by atoms with van der Waals surface area (Å²) in [4.78, 5) is 25.0. The second kappa shape index (κ2) is 7.86. The van der Waals surface area contributed by atoms with Gasteiger partial charge in [-0.05, 0) is 48.2 Å². The smallest absolute Gasteiger partial charge is 0.311 e. The summed E-state index contributed by atoms with van der Waals surface area (Å²) in [6, 6.07) is 8.74. The molecule has 6 heteroatoms. The maximum Gasteiger partial charge on any atom is 0.311 e. The lowest BCUT2D eigenvalue weighted by Gasteiger charge is -2.27. The quantitative estimate of drug-likeness (QED) is 0.404. The van der Waals surface area contributed by atoms with Crippen LogP contribution in [0.2, 0.25) is 0 Å². The number of rotatable bonds is 5. The molecule has 6 nitrogen and oxygen atoms in total. The fourth-order valence-corrected chi connectivity index (χ4v) is 4.06. The molecular weight excluding hydrogens is 384 g/mol. The molecule has 1 atom stereocenters. The van der Waals surface area contributed by atoms with Gasteiger partial charge in [-0.3, -0.25) is 9.59 Å². The zero-order valence-corrected chi connectivity index (χ0v) is 17.5. The van der Waals surface area contributed by atoms with Crippen LogP contribution in [0.3, 0.4) is 0 Å². The van der Waals surface area contributed by atoms with E-state index in [0.717, 1.165) is 17.5 Å². The average molecular weight is 408 g/mol. The predicted molar refractivity (Wildman–Crippen MR) is 111 cm³/mol. The van der Waals surface area contributed by atoms with E-state index < -0.39 is 0 Å². The van der Waals surface area contributed by atoms with Crippen LogP contribution in [0, 0.1) is 5.92 Å². The number of Topliss-reactive ketones (excluding diaryl/α,β-unsaturated/α-hetero) is 1. The summed E-state index contributed by atoms with van der Waals surface area (Å²) < 4.78 is 22.1. The van der Waals surface area contributed by atoms with Crippen molar-refractivity contribution < 1.29 is 28.5 Å². The molecule has 2 aliphatic heterocycles. The lowest BCUT2D eigenvalue weighted by atomic mass is 9.84. The normalized spacial score (nSPS) is 18.7. The molecule has 0 saturated carbocycles. The first-order valence-corrected chi connectivity index (χ1v) is 9.95. The summed E-state index contributed by atoms with van der Waals surface area (Å²) in [6.07, 6.45) is 2.78. The largest absolute Gasteiger partial charge is 0.493 e. The van der Waals surface area contributed by atoms with Crippen molar-refractivity contribution in [3.63, 3.8) is 0 Å². The minimum Gasteiger partial charge on any atom is -0.493 e. The van der Waals surface area contributed by atoms with Gasteiger partial charge in [0.1, 0.15) is 11.5 Å². The fourth-order valence-electron chi connectivity index (χ4n) is 4.06. The van der Waals surface area contributed by atoms with Gasteiger partial charge in [0.05, 0.1) is 26.2 Å². The molecule has 1 unspecified atom stereocenters. The van der Waals surface area contributed by atoms with Gasteiger partial charge in [-0.15, -0.1) is 0 Å². The van der Waals surface area contributed by atoms with E-state index in [1.807, 2.05) is 6.07 Å². The third-order valence-corrected chi connectivity index (χ3v) is 5.34. The summed E-state index contributed by atoms with van der Waals surface area (Å²) >= 11 is 0. The van der Waals surface area contributed by atoms with Gasteiger partial charge in [0, 0.05) is 11.5 Å². The standard InChI is InChI=1S/C24H24O6/c1-13(2)9-15-12-21(25)29-18-8-6-16-23(26)20(30-24(16)22(15)18)11-14-5-7-17(27-3)19(10-14)28-4/h5-8,10-11,13,15H,9,12H2,1-4H3. The van der Waals surface area contributed by atoms with Crippen molar-refractivity contribution in [3.8, 4) is 23.0 Å². The number of ketones is 1. The lowest BCUT2D eigenvalue weighted by Crippen LogP contribution is -2.21. The Morgan fingerprint density at radius 2 is 1.83 bits per heavy atom. The summed E-state index contributed by atoms with van der Waals surface area (Å²) in [5, 5.41) is 0. The van der Waals surface area contributed by atoms with Gasteiger partial charge in [0.15, 0.2) is 17.3 Å². The molecule has 2 aromatic carbocycles. The zero-order chi connectivity index (χ0) is 21.4. The van der Waals surface area contributed by atoms with Crippen LogP contribution in [-0.2, 0) is 4.79 Å². The first-order valence-electron chi connectivity index (χ1n) is 9.95. The number of ether oxygens (including phenoxy) is 4. The van der Waals surface area contributed by atoms with Crippen molar-refractivity contribution in [1.29, 1.82) is 0 Å². The number of benzene rings is 2. The Hall–Kier alpha value is -3.28. The van der Waals surface area contributed by atoms with Gasteiger partial charge in [-0.2, -0.15) is 0 Å². The third-order valence-electron chi connectivity index (χ3n) is 5.34. The highest BCUT2D eigenvalue weighted by Gasteiger charge is 2.38. The Balaban J connectivity index is 1.73. The van der Waals surface area contributed by atoms with Crippen LogP contribution >= 0.6 is 0 Å². The number of carbonyl (C=O) groups is 2. The number of carbonyl (C=O) groups excluding carboxylic acids is 2. The first-order chi connectivity index (χ1) is 14.4. The molecule has 0 N–H and O–H groups in total. The second-order valence-corrected chi connectivity index (χ2v) is 7.91. The molecule has 30 heavy (non-hydrogen) atoms. The molecule has 0 fully saturated rings. The molecule has 2 aliphatic rings. The van der Waals surface area contributed by atoms with Gasteiger partial charge < -0.3 is 18.9 Å². The van der Waals surface area contributed by atoms with Crippen molar-refractivity contribution in [2.24, 2.45) is 5.92 Å². The molecule has 2 heterocycles. The van der Waals surface area contributed by atoms with Crippen LogP contribution in [0.25, 0.3) is 6.08 Å². The second-order valence-electron chi connectivity index (χ2n) is 7.91. The molecule has 2 aromatic rings. The summed E-state index contributed by atoms with van der Waals surface area (Å²) in [6.45, 7) is 4.22. The molecule has 0 aromatic heterocycles. The van der Waals surface area contributed by atoms with Crippen molar-refractivity contribution in [2.75, 3.05) is 14.2 Å². The number of hydrogen-bond donors (Lipinski definition) is 0. The van der Waals surface area contributed by atoms with E-state index in [0.29, 0.717) is 34.5 Å². The van der Waals surface area contributed by atoms with Crippen LogP contribution < -0.4 is 18.9 Å². The molecule has 0 bridgehead atoms. The van der Waals surface area contributed by atoms with Crippen molar-refractivity contribution in [1.82, 2.24) is 0 Å². The highest BCUT2D eigenvalue weighted by Crippen LogP contribution is 2.48. The number of allylic oxidation sites excluding steroid dienone is 1. The SMILES string of the molecule is COc1ccc(C=C2Oc3c(ccc4c3C(CC(C)C)CC(=O)O4)C2=O)cc1OC. The molecule has 156 valence electrons. The Morgan fingerprint density at radius 3 is 2.53 bits per heavy atom. The van der Waals surface area contributed by atoms with Gasteiger partial charge in [0.2, 0.25) is 5.78 Å². The molecule has 0 spiro atoms. The molecule has 0 aliphatic carbocycles. The zero-order valence-electron chi connectivity index (χ0n) is 17.5. The minimum atomic E-state index is -0.251. The number of fused-ring (bicyclic) bond motifs is 3. The van der Waals surface area contributed by atoms with Crippen LogP contribution in [0.5, 0.6) is 23.0 Å². The van der Waals surface area contributed by atoms with E-state index in [1.165, 1.54) is 0 Å². The number of esters is 1. The minimum absolute atomic E-state index is 0.0376. The predicted octanol–water partition coefficient (Wildman–Crippen LogP) is 4.76. The summed E-state index contributed by atoms with van der Waals surface area (Å²) in [5.41, 5.74) is 2.06. The van der Waals surface area contributed by atoms with E-state index in [2.05, 4.69) is 13.8 Å². The van der Waals surface area contributed by atoms with Gasteiger partial charge in [-0.1, -0.05) is 19.9 Å². The van der Waals surface area contributed by atoms with Crippen LogP contribution in [0.1, 0.15) is 54.1 Å². The van der Waals surface area contributed by atoms with E-state index in [9.17, 15) is 9.59 Å². The lowest BCUT2D eigenvalue weighted by molar-refractivity contribution is -0.136. The van der Waals surface area contributed by atoms with E-state index in [-0.39, 0.29) is 29.9 Å². The highest BCUT2D eigenvalue weighted by atomic mass is 16.5. The number of hydrogen-bond acceptors (Lipinski definition) is 6. The Kier molecular flexibility index (Phi) is 5.24. The first kappa shape index (κ1) is 20.0. The fraction of sp³-hybridized carbons (Fsp3) is 0.333. The van der Waals surface area contributed by atoms with E-state index >= 15 is 0 Å². The van der Waals surface area contributed by atoms with Gasteiger partial charge >= 0.3 is 5.97 Å². The molecule has 4 rings (SSSR count). The topological polar surface area (TPSA) is 71.1 Å². The molecule has 0 amide bonds. The molecule has 0 radical (unpaired) electrons. The van der Waals surface area contributed by atoms with E-state index in [1.54, 1.807) is 44.6 Å². The maximum atomic E-state index is 13.0. The van der Waals surface area contributed by atoms with E-state index in [4.69, 9.17) is 18.9 Å². The van der Waals surface area contributed by atoms with Crippen LogP contribution in [0.15, 0.2) is 36.1 Å². The van der Waals surface area contributed by atoms with Crippen molar-refractivity contribution >= 4 is 17.8 Å². The Labute approximate surface area is 175 Å². The van der Waals surface area contributed by atoms with Crippen molar-refractivity contribution in [3.05, 3.63) is 52.8 Å². The number of methoxy groups -OCH3 is 2. The Bertz CT molecular complexity index is 1050. The monoisotopic (exact) mass is 408 g/mol.